The standard InChI is InChI=1S/C15H12F2N2O/c16-10-6-11(17)8-12(7-10)18-15(20)14-5-9-3-1-2-4-13(9)19-14/h1-4,6-8,14,19H,5H2,(H,18,20). The van der Waals surface area contributed by atoms with E-state index in [1.165, 1.54) is 0 Å². The molecule has 1 amide bonds. The summed E-state index contributed by atoms with van der Waals surface area (Å²) in [6.07, 6.45) is 0.555. The quantitative estimate of drug-likeness (QED) is 0.884. The molecule has 5 heteroatoms. The van der Waals surface area contributed by atoms with Gasteiger partial charge < -0.3 is 10.6 Å². The summed E-state index contributed by atoms with van der Waals surface area (Å²) in [6.45, 7) is 0. The van der Waals surface area contributed by atoms with Gasteiger partial charge >= 0.3 is 0 Å². The van der Waals surface area contributed by atoms with Crippen molar-refractivity contribution in [2.24, 2.45) is 0 Å². The largest absolute Gasteiger partial charge is 0.373 e. The lowest BCUT2D eigenvalue weighted by Gasteiger charge is -2.12. The zero-order chi connectivity index (χ0) is 14.1. The predicted octanol–water partition coefficient (Wildman–Crippen LogP) is 2.94. The smallest absolute Gasteiger partial charge is 0.247 e. The van der Waals surface area contributed by atoms with Gasteiger partial charge in [-0.25, -0.2) is 8.78 Å². The molecule has 20 heavy (non-hydrogen) atoms. The Balaban J connectivity index is 1.72. The van der Waals surface area contributed by atoms with Crippen molar-refractivity contribution < 1.29 is 13.6 Å². The molecule has 2 aromatic rings. The van der Waals surface area contributed by atoms with E-state index in [0.717, 1.165) is 29.4 Å². The van der Waals surface area contributed by atoms with Crippen LogP contribution in [0, 0.1) is 11.6 Å². The monoisotopic (exact) mass is 274 g/mol. The van der Waals surface area contributed by atoms with E-state index in [1.54, 1.807) is 0 Å². The molecule has 1 aliphatic rings. The van der Waals surface area contributed by atoms with Crippen LogP contribution in [0.2, 0.25) is 0 Å². The van der Waals surface area contributed by atoms with Gasteiger partial charge in [0.15, 0.2) is 0 Å². The molecular weight excluding hydrogens is 262 g/mol. The van der Waals surface area contributed by atoms with Gasteiger partial charge in [-0.15, -0.1) is 0 Å². The number of para-hydroxylation sites is 1. The number of halogens is 2. The van der Waals surface area contributed by atoms with Crippen molar-refractivity contribution in [2.45, 2.75) is 12.5 Å². The van der Waals surface area contributed by atoms with Crippen LogP contribution in [-0.2, 0) is 11.2 Å². The molecule has 0 aliphatic carbocycles. The summed E-state index contributed by atoms with van der Waals surface area (Å²) in [4.78, 5) is 12.1. The molecule has 1 atom stereocenters. The molecule has 3 rings (SSSR count). The normalized spacial score (nSPS) is 16.4. The number of carbonyl (C=O) groups is 1. The molecule has 1 aliphatic heterocycles. The lowest BCUT2D eigenvalue weighted by molar-refractivity contribution is -0.116. The zero-order valence-corrected chi connectivity index (χ0v) is 10.5. The minimum Gasteiger partial charge on any atom is -0.373 e. The van der Waals surface area contributed by atoms with Crippen LogP contribution < -0.4 is 10.6 Å². The molecule has 2 aromatic carbocycles. The first-order valence-corrected chi connectivity index (χ1v) is 6.23. The third-order valence-corrected chi connectivity index (χ3v) is 3.22. The van der Waals surface area contributed by atoms with Gasteiger partial charge in [0, 0.05) is 23.9 Å². The van der Waals surface area contributed by atoms with E-state index in [4.69, 9.17) is 0 Å². The van der Waals surface area contributed by atoms with Crippen molar-refractivity contribution in [1.82, 2.24) is 0 Å². The molecule has 0 radical (unpaired) electrons. The number of amides is 1. The second-order valence-electron chi connectivity index (χ2n) is 4.71. The van der Waals surface area contributed by atoms with Crippen LogP contribution in [0.5, 0.6) is 0 Å². The zero-order valence-electron chi connectivity index (χ0n) is 10.5. The number of anilines is 2. The highest BCUT2D eigenvalue weighted by atomic mass is 19.1. The van der Waals surface area contributed by atoms with Gasteiger partial charge in [-0.1, -0.05) is 18.2 Å². The minimum absolute atomic E-state index is 0.116. The summed E-state index contributed by atoms with van der Waals surface area (Å²) in [5.41, 5.74) is 2.08. The summed E-state index contributed by atoms with van der Waals surface area (Å²) in [5.74, 6) is -1.75. The van der Waals surface area contributed by atoms with Gasteiger partial charge in [0.1, 0.15) is 17.7 Å². The lowest BCUT2D eigenvalue weighted by atomic mass is 10.1. The molecule has 0 bridgehead atoms. The minimum atomic E-state index is -0.719. The number of carbonyl (C=O) groups excluding carboxylic acids is 1. The molecule has 0 saturated carbocycles. The summed E-state index contributed by atoms with van der Waals surface area (Å²) in [7, 11) is 0. The Morgan fingerprint density at radius 1 is 1.15 bits per heavy atom. The molecule has 1 heterocycles. The van der Waals surface area contributed by atoms with Gasteiger partial charge in [0.2, 0.25) is 5.91 Å². The highest BCUT2D eigenvalue weighted by Gasteiger charge is 2.26. The van der Waals surface area contributed by atoms with Crippen molar-refractivity contribution >= 4 is 17.3 Å². The van der Waals surface area contributed by atoms with Crippen LogP contribution in [0.4, 0.5) is 20.2 Å². The molecule has 0 spiro atoms. The number of fused-ring (bicyclic) bond motifs is 1. The van der Waals surface area contributed by atoms with Crippen LogP contribution in [-0.4, -0.2) is 11.9 Å². The Labute approximate surface area is 114 Å². The van der Waals surface area contributed by atoms with Gasteiger partial charge in [-0.3, -0.25) is 4.79 Å². The summed E-state index contributed by atoms with van der Waals surface area (Å²) in [5, 5.41) is 5.60. The van der Waals surface area contributed by atoms with Crippen molar-refractivity contribution in [3.8, 4) is 0 Å². The first kappa shape index (κ1) is 12.6. The van der Waals surface area contributed by atoms with Crippen LogP contribution in [0.25, 0.3) is 0 Å². The van der Waals surface area contributed by atoms with Crippen molar-refractivity contribution in [3.63, 3.8) is 0 Å². The maximum atomic E-state index is 13.1. The summed E-state index contributed by atoms with van der Waals surface area (Å²) >= 11 is 0. The van der Waals surface area contributed by atoms with Crippen molar-refractivity contribution in [1.29, 1.82) is 0 Å². The Morgan fingerprint density at radius 3 is 2.55 bits per heavy atom. The molecule has 2 N–H and O–H groups in total. The van der Waals surface area contributed by atoms with E-state index in [-0.39, 0.29) is 11.6 Å². The molecule has 0 aromatic heterocycles. The second-order valence-corrected chi connectivity index (χ2v) is 4.71. The third-order valence-electron chi connectivity index (χ3n) is 3.22. The van der Waals surface area contributed by atoms with E-state index < -0.39 is 17.7 Å². The predicted molar refractivity (Wildman–Crippen MR) is 72.5 cm³/mol. The van der Waals surface area contributed by atoms with Gasteiger partial charge in [0.25, 0.3) is 0 Å². The van der Waals surface area contributed by atoms with Crippen LogP contribution in [0.3, 0.4) is 0 Å². The number of hydrogen-bond donors (Lipinski definition) is 2. The molecular formula is C15H12F2N2O. The molecule has 0 saturated heterocycles. The highest BCUT2D eigenvalue weighted by molar-refractivity contribution is 5.98. The lowest BCUT2D eigenvalue weighted by Crippen LogP contribution is -2.32. The Morgan fingerprint density at radius 2 is 1.85 bits per heavy atom. The molecule has 102 valence electrons. The topological polar surface area (TPSA) is 41.1 Å². The summed E-state index contributed by atoms with van der Waals surface area (Å²) < 4.78 is 26.1. The number of benzene rings is 2. The van der Waals surface area contributed by atoms with Crippen molar-refractivity contribution in [2.75, 3.05) is 10.6 Å². The number of nitrogens with one attached hydrogen (secondary N) is 2. The molecule has 3 nitrogen and oxygen atoms in total. The fourth-order valence-corrected chi connectivity index (χ4v) is 2.31. The van der Waals surface area contributed by atoms with Gasteiger partial charge in [-0.05, 0) is 23.8 Å². The average Bonchev–Trinajstić information content (AvgIpc) is 2.81. The van der Waals surface area contributed by atoms with Gasteiger partial charge in [0.05, 0.1) is 0 Å². The Bertz CT molecular complexity index is 627. The van der Waals surface area contributed by atoms with E-state index in [1.807, 2.05) is 24.3 Å². The Hall–Kier alpha value is -2.43. The van der Waals surface area contributed by atoms with E-state index in [2.05, 4.69) is 10.6 Å². The van der Waals surface area contributed by atoms with Crippen LogP contribution >= 0.6 is 0 Å². The average molecular weight is 274 g/mol. The number of hydrogen-bond acceptors (Lipinski definition) is 2. The second kappa shape index (κ2) is 4.92. The highest BCUT2D eigenvalue weighted by Crippen LogP contribution is 2.25. The van der Waals surface area contributed by atoms with Crippen LogP contribution in [0.1, 0.15) is 5.56 Å². The Kier molecular flexibility index (Phi) is 3.10. The van der Waals surface area contributed by atoms with E-state index in [0.29, 0.717) is 6.42 Å². The maximum absolute atomic E-state index is 13.1. The fraction of sp³-hybridized carbons (Fsp3) is 0.133. The SMILES string of the molecule is O=C(Nc1cc(F)cc(F)c1)C1Cc2ccccc2N1. The first-order valence-electron chi connectivity index (χ1n) is 6.23. The number of rotatable bonds is 2. The third kappa shape index (κ3) is 2.47. The van der Waals surface area contributed by atoms with Crippen molar-refractivity contribution in [3.05, 3.63) is 59.7 Å². The van der Waals surface area contributed by atoms with Crippen LogP contribution in [0.15, 0.2) is 42.5 Å². The van der Waals surface area contributed by atoms with E-state index >= 15 is 0 Å². The molecule has 0 fully saturated rings. The first-order chi connectivity index (χ1) is 9.61. The maximum Gasteiger partial charge on any atom is 0.247 e. The fourth-order valence-electron chi connectivity index (χ4n) is 2.31. The molecule has 1 unspecified atom stereocenters. The van der Waals surface area contributed by atoms with Gasteiger partial charge in [-0.2, -0.15) is 0 Å². The van der Waals surface area contributed by atoms with E-state index in [9.17, 15) is 13.6 Å². The summed E-state index contributed by atoms with van der Waals surface area (Å²) in [6, 6.07) is 10.1.